The third-order valence-corrected chi connectivity index (χ3v) is 4.74. The molecule has 148 valence electrons. The number of anilines is 3. The van der Waals surface area contributed by atoms with Gasteiger partial charge in [0, 0.05) is 23.9 Å². The summed E-state index contributed by atoms with van der Waals surface area (Å²) >= 11 is 0. The first-order valence-electron chi connectivity index (χ1n) is 9.72. The summed E-state index contributed by atoms with van der Waals surface area (Å²) in [4.78, 5) is 9.35. The Kier molecular flexibility index (Phi) is 4.88. The SMILES string of the molecule is c1ccc(Nc2nc(NCc3ccc4c(c3)OCO4)cc(-c3ccccc3)n2)cc1. The molecule has 6 nitrogen and oxygen atoms in total. The number of nitrogens with one attached hydrogen (secondary N) is 2. The topological polar surface area (TPSA) is 68.3 Å². The van der Waals surface area contributed by atoms with E-state index in [2.05, 4.69) is 15.6 Å². The highest BCUT2D eigenvalue weighted by Gasteiger charge is 2.13. The van der Waals surface area contributed by atoms with E-state index in [9.17, 15) is 0 Å². The van der Waals surface area contributed by atoms with Gasteiger partial charge in [0.1, 0.15) is 5.82 Å². The summed E-state index contributed by atoms with van der Waals surface area (Å²) in [5.41, 5.74) is 3.89. The lowest BCUT2D eigenvalue weighted by Crippen LogP contribution is -2.05. The van der Waals surface area contributed by atoms with Crippen LogP contribution in [0.25, 0.3) is 11.3 Å². The highest BCUT2D eigenvalue weighted by Crippen LogP contribution is 2.32. The van der Waals surface area contributed by atoms with Crippen LogP contribution < -0.4 is 20.1 Å². The maximum absolute atomic E-state index is 5.47. The Morgan fingerprint density at radius 2 is 1.53 bits per heavy atom. The van der Waals surface area contributed by atoms with Crippen LogP contribution in [0.3, 0.4) is 0 Å². The normalized spacial score (nSPS) is 11.9. The molecule has 0 spiro atoms. The standard InChI is InChI=1S/C24H20N4O2/c1-3-7-18(8-4-1)20-14-23(28-24(27-20)26-19-9-5-2-6-10-19)25-15-17-11-12-21-22(13-17)30-16-29-21/h1-14H,15-16H2,(H2,25,26,27,28). The molecule has 1 aliphatic rings. The second kappa shape index (κ2) is 8.13. The van der Waals surface area contributed by atoms with Crippen LogP contribution in [-0.2, 0) is 6.54 Å². The molecule has 5 rings (SSSR count). The van der Waals surface area contributed by atoms with E-state index in [1.54, 1.807) is 0 Å². The number of para-hydroxylation sites is 1. The van der Waals surface area contributed by atoms with Crippen LogP contribution in [0.4, 0.5) is 17.5 Å². The van der Waals surface area contributed by atoms with E-state index in [1.807, 2.05) is 84.9 Å². The molecule has 4 aromatic rings. The number of aromatic nitrogens is 2. The molecule has 0 aliphatic carbocycles. The second-order valence-corrected chi connectivity index (χ2v) is 6.86. The molecule has 6 heteroatoms. The summed E-state index contributed by atoms with van der Waals surface area (Å²) < 4.78 is 10.8. The summed E-state index contributed by atoms with van der Waals surface area (Å²) in [5.74, 6) is 2.82. The van der Waals surface area contributed by atoms with Crippen LogP contribution in [0, 0.1) is 0 Å². The zero-order valence-corrected chi connectivity index (χ0v) is 16.2. The predicted octanol–water partition coefficient (Wildman–Crippen LogP) is 5.23. The van der Waals surface area contributed by atoms with E-state index in [4.69, 9.17) is 14.5 Å². The third kappa shape index (κ3) is 4.03. The average Bonchev–Trinajstić information content (AvgIpc) is 3.27. The Morgan fingerprint density at radius 3 is 2.37 bits per heavy atom. The van der Waals surface area contributed by atoms with Crippen molar-refractivity contribution >= 4 is 17.5 Å². The number of rotatable bonds is 6. The molecule has 3 aromatic carbocycles. The molecule has 0 bridgehead atoms. The Hall–Kier alpha value is -4.06. The Morgan fingerprint density at radius 1 is 0.767 bits per heavy atom. The monoisotopic (exact) mass is 396 g/mol. The van der Waals surface area contributed by atoms with Crippen LogP contribution in [0.1, 0.15) is 5.56 Å². The van der Waals surface area contributed by atoms with Crippen molar-refractivity contribution in [2.75, 3.05) is 17.4 Å². The lowest BCUT2D eigenvalue weighted by atomic mass is 10.1. The van der Waals surface area contributed by atoms with Gasteiger partial charge in [-0.1, -0.05) is 54.6 Å². The highest BCUT2D eigenvalue weighted by molar-refractivity contribution is 5.66. The predicted molar refractivity (Wildman–Crippen MR) is 117 cm³/mol. The van der Waals surface area contributed by atoms with Crippen molar-refractivity contribution in [3.63, 3.8) is 0 Å². The fourth-order valence-electron chi connectivity index (χ4n) is 3.24. The number of ether oxygens (including phenoxy) is 2. The van der Waals surface area contributed by atoms with E-state index in [-0.39, 0.29) is 6.79 Å². The maximum atomic E-state index is 5.47. The number of fused-ring (bicyclic) bond motifs is 1. The Balaban J connectivity index is 1.42. The van der Waals surface area contributed by atoms with Gasteiger partial charge in [-0.15, -0.1) is 0 Å². The first kappa shape index (κ1) is 18.0. The minimum Gasteiger partial charge on any atom is -0.454 e. The van der Waals surface area contributed by atoms with Crippen molar-refractivity contribution in [1.29, 1.82) is 0 Å². The summed E-state index contributed by atoms with van der Waals surface area (Å²) in [6.07, 6.45) is 0. The summed E-state index contributed by atoms with van der Waals surface area (Å²) in [6.45, 7) is 0.875. The molecule has 0 fully saturated rings. The van der Waals surface area contributed by atoms with Gasteiger partial charge in [-0.05, 0) is 29.8 Å². The van der Waals surface area contributed by atoms with Gasteiger partial charge in [-0.25, -0.2) is 4.98 Å². The van der Waals surface area contributed by atoms with Gasteiger partial charge in [0.25, 0.3) is 0 Å². The van der Waals surface area contributed by atoms with Gasteiger partial charge in [0.05, 0.1) is 5.69 Å². The average molecular weight is 396 g/mol. The smallest absolute Gasteiger partial charge is 0.231 e. The lowest BCUT2D eigenvalue weighted by Gasteiger charge is -2.12. The molecule has 1 aromatic heterocycles. The van der Waals surface area contributed by atoms with E-state index >= 15 is 0 Å². The number of hydrogen-bond donors (Lipinski definition) is 2. The summed E-state index contributed by atoms with van der Waals surface area (Å²) in [6, 6.07) is 27.9. The van der Waals surface area contributed by atoms with Crippen molar-refractivity contribution in [2.45, 2.75) is 6.54 Å². The lowest BCUT2D eigenvalue weighted by molar-refractivity contribution is 0.174. The van der Waals surface area contributed by atoms with Crippen LogP contribution >= 0.6 is 0 Å². The molecule has 0 amide bonds. The van der Waals surface area contributed by atoms with Crippen molar-refractivity contribution in [2.24, 2.45) is 0 Å². The van der Waals surface area contributed by atoms with Crippen LogP contribution in [0.5, 0.6) is 11.5 Å². The summed E-state index contributed by atoms with van der Waals surface area (Å²) in [7, 11) is 0. The van der Waals surface area contributed by atoms with Crippen molar-refractivity contribution in [1.82, 2.24) is 9.97 Å². The second-order valence-electron chi connectivity index (χ2n) is 6.86. The molecular weight excluding hydrogens is 376 g/mol. The first-order valence-corrected chi connectivity index (χ1v) is 9.72. The minimum atomic E-state index is 0.271. The van der Waals surface area contributed by atoms with Gasteiger partial charge in [-0.2, -0.15) is 4.98 Å². The zero-order chi connectivity index (χ0) is 20.2. The van der Waals surface area contributed by atoms with E-state index < -0.39 is 0 Å². The van der Waals surface area contributed by atoms with Gasteiger partial charge >= 0.3 is 0 Å². The molecular formula is C24H20N4O2. The molecule has 2 N–H and O–H groups in total. The van der Waals surface area contributed by atoms with Gasteiger partial charge < -0.3 is 20.1 Å². The van der Waals surface area contributed by atoms with Crippen molar-refractivity contribution in [3.05, 3.63) is 90.5 Å². The molecule has 0 unspecified atom stereocenters. The maximum Gasteiger partial charge on any atom is 0.231 e. The quantitative estimate of drug-likeness (QED) is 0.465. The molecule has 0 radical (unpaired) electrons. The number of hydrogen-bond acceptors (Lipinski definition) is 6. The highest BCUT2D eigenvalue weighted by atomic mass is 16.7. The third-order valence-electron chi connectivity index (χ3n) is 4.74. The first-order chi connectivity index (χ1) is 14.8. The van der Waals surface area contributed by atoms with Gasteiger partial charge in [0.2, 0.25) is 12.7 Å². The van der Waals surface area contributed by atoms with Crippen LogP contribution in [-0.4, -0.2) is 16.8 Å². The molecule has 30 heavy (non-hydrogen) atoms. The summed E-state index contributed by atoms with van der Waals surface area (Å²) in [5, 5.41) is 6.69. The van der Waals surface area contributed by atoms with E-state index in [0.29, 0.717) is 12.5 Å². The van der Waals surface area contributed by atoms with Crippen molar-refractivity contribution in [3.8, 4) is 22.8 Å². The molecule has 2 heterocycles. The molecule has 0 saturated carbocycles. The van der Waals surface area contributed by atoms with Crippen molar-refractivity contribution < 1.29 is 9.47 Å². The fraction of sp³-hybridized carbons (Fsp3) is 0.0833. The molecule has 0 saturated heterocycles. The van der Waals surface area contributed by atoms with E-state index in [1.165, 1.54) is 0 Å². The number of nitrogens with zero attached hydrogens (tertiary/aromatic N) is 2. The minimum absolute atomic E-state index is 0.271. The van der Waals surface area contributed by atoms with Crippen LogP contribution in [0.2, 0.25) is 0 Å². The Labute approximate surface area is 174 Å². The Bertz CT molecular complexity index is 1150. The van der Waals surface area contributed by atoms with Gasteiger partial charge in [-0.3, -0.25) is 0 Å². The zero-order valence-electron chi connectivity index (χ0n) is 16.2. The van der Waals surface area contributed by atoms with Crippen LogP contribution in [0.15, 0.2) is 84.9 Å². The number of benzene rings is 3. The fourth-order valence-corrected chi connectivity index (χ4v) is 3.24. The largest absolute Gasteiger partial charge is 0.454 e. The van der Waals surface area contributed by atoms with E-state index in [0.717, 1.165) is 39.8 Å². The molecule has 0 atom stereocenters. The van der Waals surface area contributed by atoms with Gasteiger partial charge in [0.15, 0.2) is 11.5 Å². The molecule has 1 aliphatic heterocycles.